The standard InChI is InChI=1S/C26H27NO4/c1-15-9-11-18(12-10-15)23(28)24(27)26(4,5)14-31-20-8-6-7-19-13-16(2)21(25(29)30)17(3)22(19)20/h6-13,27H,14H2,1-5H3,(H,29,30). The molecule has 0 saturated heterocycles. The molecule has 0 unspecified atom stereocenters. The normalized spacial score (nSPS) is 11.4. The summed E-state index contributed by atoms with van der Waals surface area (Å²) in [5, 5.41) is 19.7. The third-order valence-electron chi connectivity index (χ3n) is 5.59. The maximum atomic E-state index is 12.8. The van der Waals surface area contributed by atoms with Crippen LogP contribution in [0.1, 0.15) is 51.3 Å². The largest absolute Gasteiger partial charge is 0.492 e. The highest BCUT2D eigenvalue weighted by Gasteiger charge is 2.31. The highest BCUT2D eigenvalue weighted by Crippen LogP contribution is 2.34. The van der Waals surface area contributed by atoms with Crippen LogP contribution in [0.2, 0.25) is 0 Å². The van der Waals surface area contributed by atoms with E-state index in [4.69, 9.17) is 10.1 Å². The van der Waals surface area contributed by atoms with Gasteiger partial charge in [-0.2, -0.15) is 0 Å². The average Bonchev–Trinajstić information content (AvgIpc) is 2.71. The number of aromatic carboxylic acids is 1. The van der Waals surface area contributed by atoms with Crippen LogP contribution in [0.25, 0.3) is 10.8 Å². The Morgan fingerprint density at radius 2 is 1.68 bits per heavy atom. The Morgan fingerprint density at radius 3 is 2.29 bits per heavy atom. The summed E-state index contributed by atoms with van der Waals surface area (Å²) in [7, 11) is 0. The van der Waals surface area contributed by atoms with Gasteiger partial charge in [0.15, 0.2) is 0 Å². The number of Topliss-reactive ketones (excluding diaryl/α,β-unsaturated/α-hetero) is 1. The maximum absolute atomic E-state index is 12.8. The van der Waals surface area contributed by atoms with E-state index in [1.807, 2.05) is 37.3 Å². The molecule has 5 heteroatoms. The lowest BCUT2D eigenvalue weighted by atomic mass is 9.84. The lowest BCUT2D eigenvalue weighted by molar-refractivity contribution is 0.0695. The van der Waals surface area contributed by atoms with Crippen molar-refractivity contribution < 1.29 is 19.4 Å². The van der Waals surface area contributed by atoms with E-state index in [9.17, 15) is 14.7 Å². The zero-order chi connectivity index (χ0) is 22.9. The maximum Gasteiger partial charge on any atom is 0.336 e. The molecule has 0 spiro atoms. The molecule has 2 N–H and O–H groups in total. The number of nitrogens with one attached hydrogen (secondary N) is 1. The SMILES string of the molecule is Cc1ccc(C(=O)C(=N)C(C)(C)COc2cccc3cc(C)c(C(=O)O)c(C)c23)cc1. The predicted octanol–water partition coefficient (Wildman–Crippen LogP) is 5.77. The van der Waals surface area contributed by atoms with Crippen LogP contribution in [0, 0.1) is 31.6 Å². The summed E-state index contributed by atoms with van der Waals surface area (Å²) in [6.45, 7) is 9.21. The van der Waals surface area contributed by atoms with Gasteiger partial charge in [0.2, 0.25) is 5.78 Å². The van der Waals surface area contributed by atoms with Gasteiger partial charge in [-0.3, -0.25) is 4.79 Å². The summed E-state index contributed by atoms with van der Waals surface area (Å²) in [5.74, 6) is -0.759. The van der Waals surface area contributed by atoms with Gasteiger partial charge in [0.25, 0.3) is 0 Å². The Hall–Kier alpha value is -3.47. The number of rotatable bonds is 7. The first-order valence-corrected chi connectivity index (χ1v) is 10.1. The second kappa shape index (κ2) is 8.34. The highest BCUT2D eigenvalue weighted by atomic mass is 16.5. The summed E-state index contributed by atoms with van der Waals surface area (Å²) in [6.07, 6.45) is 0. The molecule has 0 aromatic heterocycles. The van der Waals surface area contributed by atoms with Crippen LogP contribution in [0.5, 0.6) is 5.75 Å². The minimum absolute atomic E-state index is 0.0321. The molecule has 3 aromatic carbocycles. The van der Waals surface area contributed by atoms with Crippen LogP contribution < -0.4 is 4.74 Å². The number of aryl methyl sites for hydroxylation is 3. The molecule has 0 aliphatic heterocycles. The fraction of sp³-hybridized carbons (Fsp3) is 0.269. The predicted molar refractivity (Wildman–Crippen MR) is 123 cm³/mol. The third-order valence-corrected chi connectivity index (χ3v) is 5.59. The summed E-state index contributed by atoms with van der Waals surface area (Å²) < 4.78 is 6.08. The smallest absolute Gasteiger partial charge is 0.336 e. The Bertz CT molecular complexity index is 1190. The number of ether oxygens (including phenoxy) is 1. The van der Waals surface area contributed by atoms with Gasteiger partial charge < -0.3 is 15.3 Å². The number of ketones is 1. The van der Waals surface area contributed by atoms with Gasteiger partial charge in [0, 0.05) is 16.4 Å². The molecule has 0 aliphatic carbocycles. The number of hydrogen-bond acceptors (Lipinski definition) is 4. The van der Waals surface area contributed by atoms with Gasteiger partial charge in [-0.1, -0.05) is 61.9 Å². The van der Waals surface area contributed by atoms with E-state index < -0.39 is 11.4 Å². The number of hydrogen-bond donors (Lipinski definition) is 2. The van der Waals surface area contributed by atoms with Gasteiger partial charge >= 0.3 is 5.97 Å². The molecule has 0 heterocycles. The van der Waals surface area contributed by atoms with Crippen LogP contribution in [-0.2, 0) is 0 Å². The minimum Gasteiger partial charge on any atom is -0.492 e. The van der Waals surface area contributed by atoms with Crippen LogP contribution in [0.15, 0.2) is 48.5 Å². The van der Waals surface area contributed by atoms with Crippen LogP contribution in [0.3, 0.4) is 0 Å². The molecule has 3 aromatic rings. The van der Waals surface area contributed by atoms with Crippen molar-refractivity contribution in [3.05, 3.63) is 76.3 Å². The van der Waals surface area contributed by atoms with Crippen molar-refractivity contribution in [2.24, 2.45) is 5.41 Å². The first-order valence-electron chi connectivity index (χ1n) is 10.1. The van der Waals surface area contributed by atoms with E-state index in [1.54, 1.807) is 45.9 Å². The van der Waals surface area contributed by atoms with Crippen molar-refractivity contribution in [1.29, 1.82) is 5.41 Å². The Balaban J connectivity index is 1.89. The topological polar surface area (TPSA) is 87.5 Å². The van der Waals surface area contributed by atoms with E-state index >= 15 is 0 Å². The molecule has 0 bridgehead atoms. The summed E-state index contributed by atoms with van der Waals surface area (Å²) >= 11 is 0. The van der Waals surface area contributed by atoms with Gasteiger partial charge in [0.05, 0.1) is 17.9 Å². The molecular formula is C26H27NO4. The summed E-state index contributed by atoms with van der Waals surface area (Å²) in [5.41, 5.74) is 2.26. The quantitative estimate of drug-likeness (QED) is 0.377. The molecule has 31 heavy (non-hydrogen) atoms. The average molecular weight is 418 g/mol. The van der Waals surface area contributed by atoms with Crippen molar-refractivity contribution in [3.8, 4) is 5.75 Å². The number of carbonyl (C=O) groups excluding carboxylic acids is 1. The van der Waals surface area contributed by atoms with E-state index in [2.05, 4.69) is 0 Å². The van der Waals surface area contributed by atoms with Crippen molar-refractivity contribution in [3.63, 3.8) is 0 Å². The van der Waals surface area contributed by atoms with Gasteiger partial charge in [-0.15, -0.1) is 0 Å². The molecule has 0 amide bonds. The Labute approximate surface area is 182 Å². The number of fused-ring (bicyclic) bond motifs is 1. The lowest BCUT2D eigenvalue weighted by Crippen LogP contribution is -2.36. The summed E-state index contributed by atoms with van der Waals surface area (Å²) in [4.78, 5) is 24.5. The monoisotopic (exact) mass is 417 g/mol. The van der Waals surface area contributed by atoms with Crippen molar-refractivity contribution >= 4 is 28.2 Å². The van der Waals surface area contributed by atoms with Crippen molar-refractivity contribution in [1.82, 2.24) is 0 Å². The second-order valence-electron chi connectivity index (χ2n) is 8.60. The van der Waals surface area contributed by atoms with Gasteiger partial charge in [0.1, 0.15) is 5.75 Å². The first-order chi connectivity index (χ1) is 14.5. The minimum atomic E-state index is -0.975. The molecule has 0 radical (unpaired) electrons. The molecular weight excluding hydrogens is 390 g/mol. The Morgan fingerprint density at radius 1 is 1.03 bits per heavy atom. The van der Waals surface area contributed by atoms with Crippen LogP contribution in [0.4, 0.5) is 0 Å². The van der Waals surface area contributed by atoms with Crippen molar-refractivity contribution in [2.45, 2.75) is 34.6 Å². The second-order valence-corrected chi connectivity index (χ2v) is 8.60. The zero-order valence-corrected chi connectivity index (χ0v) is 18.5. The number of carboxylic acid groups (broad SMARTS) is 1. The molecule has 0 aliphatic rings. The lowest BCUT2D eigenvalue weighted by Gasteiger charge is -2.26. The third kappa shape index (κ3) is 4.36. The zero-order valence-electron chi connectivity index (χ0n) is 18.5. The molecule has 0 fully saturated rings. The van der Waals surface area contributed by atoms with E-state index in [0.717, 1.165) is 16.3 Å². The number of carboxylic acids is 1. The fourth-order valence-electron chi connectivity index (χ4n) is 3.73. The van der Waals surface area contributed by atoms with E-state index in [-0.39, 0.29) is 23.7 Å². The fourth-order valence-corrected chi connectivity index (χ4v) is 3.73. The van der Waals surface area contributed by atoms with Gasteiger partial charge in [-0.05, 0) is 43.4 Å². The molecule has 160 valence electrons. The van der Waals surface area contributed by atoms with Gasteiger partial charge in [-0.25, -0.2) is 4.79 Å². The summed E-state index contributed by atoms with van der Waals surface area (Å²) in [6, 6.07) is 14.6. The van der Waals surface area contributed by atoms with E-state index in [1.165, 1.54) is 0 Å². The molecule has 0 saturated carbocycles. The molecule has 5 nitrogen and oxygen atoms in total. The number of carbonyl (C=O) groups is 2. The number of benzene rings is 3. The highest BCUT2D eigenvalue weighted by molar-refractivity contribution is 6.46. The molecule has 0 atom stereocenters. The molecule has 3 rings (SSSR count). The Kier molecular flexibility index (Phi) is 5.98. The van der Waals surface area contributed by atoms with Crippen LogP contribution in [-0.4, -0.2) is 29.2 Å². The first kappa shape index (κ1) is 22.2. The van der Waals surface area contributed by atoms with Crippen molar-refractivity contribution in [2.75, 3.05) is 6.61 Å². The van der Waals surface area contributed by atoms with E-state index in [0.29, 0.717) is 22.4 Å². The van der Waals surface area contributed by atoms with Crippen LogP contribution >= 0.6 is 0 Å².